The van der Waals surface area contributed by atoms with Crippen LogP contribution in [0.15, 0.2) is 4.52 Å². The van der Waals surface area contributed by atoms with Gasteiger partial charge in [-0.15, -0.1) is 0 Å². The van der Waals surface area contributed by atoms with Crippen LogP contribution in [0.1, 0.15) is 44.8 Å². The van der Waals surface area contributed by atoms with E-state index in [0.29, 0.717) is 12.0 Å². The summed E-state index contributed by atoms with van der Waals surface area (Å²) >= 11 is 0. The van der Waals surface area contributed by atoms with Gasteiger partial charge in [0.2, 0.25) is 5.89 Å². The van der Waals surface area contributed by atoms with E-state index in [4.69, 9.17) is 4.52 Å². The maximum Gasteiger partial charge on any atom is 0.240 e. The van der Waals surface area contributed by atoms with E-state index in [1.54, 1.807) is 0 Å². The zero-order chi connectivity index (χ0) is 12.3. The molecule has 0 amide bonds. The molecule has 0 radical (unpaired) electrons. The van der Waals surface area contributed by atoms with Crippen molar-refractivity contribution in [1.29, 1.82) is 0 Å². The summed E-state index contributed by atoms with van der Waals surface area (Å²) in [7, 11) is 0. The highest BCUT2D eigenvalue weighted by Crippen LogP contribution is 2.14. The minimum atomic E-state index is 0.329. The van der Waals surface area contributed by atoms with E-state index in [1.807, 2.05) is 0 Å². The Labute approximate surface area is 103 Å². The standard InChI is InChI=1S/C12H22N4O/c1-4-16(10-5-6-13-7-10)8-11-14-12(9(2)3)15-17-11/h9-10,13H,4-8H2,1-3H3. The van der Waals surface area contributed by atoms with Crippen LogP contribution in [-0.2, 0) is 6.54 Å². The van der Waals surface area contributed by atoms with Crippen molar-refractivity contribution in [3.05, 3.63) is 11.7 Å². The van der Waals surface area contributed by atoms with Crippen molar-refractivity contribution >= 4 is 0 Å². The normalized spacial score (nSPS) is 20.6. The van der Waals surface area contributed by atoms with E-state index in [-0.39, 0.29) is 0 Å². The first-order chi connectivity index (χ1) is 8.20. The SMILES string of the molecule is CCN(Cc1nc(C(C)C)no1)C1CCNC1. The molecule has 1 N–H and O–H groups in total. The molecule has 2 heterocycles. The Hall–Kier alpha value is -0.940. The van der Waals surface area contributed by atoms with Crippen LogP contribution >= 0.6 is 0 Å². The van der Waals surface area contributed by atoms with Gasteiger partial charge in [-0.05, 0) is 19.5 Å². The maximum atomic E-state index is 5.29. The van der Waals surface area contributed by atoms with Crippen molar-refractivity contribution in [2.24, 2.45) is 0 Å². The summed E-state index contributed by atoms with van der Waals surface area (Å²) < 4.78 is 5.29. The van der Waals surface area contributed by atoms with Crippen LogP contribution in [0.25, 0.3) is 0 Å². The fourth-order valence-electron chi connectivity index (χ4n) is 2.19. The monoisotopic (exact) mass is 238 g/mol. The summed E-state index contributed by atoms with van der Waals surface area (Å²) in [5.74, 6) is 1.87. The van der Waals surface area contributed by atoms with Crippen LogP contribution in [-0.4, -0.2) is 40.7 Å². The molecule has 0 aliphatic carbocycles. The van der Waals surface area contributed by atoms with E-state index in [1.165, 1.54) is 6.42 Å². The Balaban J connectivity index is 1.97. The minimum absolute atomic E-state index is 0.329. The third-order valence-electron chi connectivity index (χ3n) is 3.30. The second-order valence-electron chi connectivity index (χ2n) is 4.91. The van der Waals surface area contributed by atoms with Gasteiger partial charge in [-0.3, -0.25) is 4.90 Å². The molecule has 0 saturated carbocycles. The van der Waals surface area contributed by atoms with E-state index < -0.39 is 0 Å². The molecule has 1 aliphatic rings. The third-order valence-corrected chi connectivity index (χ3v) is 3.30. The molecule has 1 aliphatic heterocycles. The molecule has 0 bridgehead atoms. The van der Waals surface area contributed by atoms with Gasteiger partial charge in [-0.2, -0.15) is 4.98 Å². The van der Waals surface area contributed by atoms with E-state index in [0.717, 1.165) is 37.9 Å². The van der Waals surface area contributed by atoms with Crippen LogP contribution in [0, 0.1) is 0 Å². The second kappa shape index (κ2) is 5.60. The molecule has 17 heavy (non-hydrogen) atoms. The van der Waals surface area contributed by atoms with Crippen LogP contribution in [0.4, 0.5) is 0 Å². The summed E-state index contributed by atoms with van der Waals surface area (Å²) in [4.78, 5) is 6.83. The van der Waals surface area contributed by atoms with Crippen molar-refractivity contribution in [2.45, 2.75) is 45.7 Å². The predicted molar refractivity (Wildman–Crippen MR) is 65.7 cm³/mol. The summed E-state index contributed by atoms with van der Waals surface area (Å²) in [6, 6.07) is 0.606. The van der Waals surface area contributed by atoms with Gasteiger partial charge in [0.25, 0.3) is 0 Å². The number of nitrogens with one attached hydrogen (secondary N) is 1. The van der Waals surface area contributed by atoms with Crippen LogP contribution in [0.3, 0.4) is 0 Å². The molecule has 1 aromatic heterocycles. The number of nitrogens with zero attached hydrogens (tertiary/aromatic N) is 3. The van der Waals surface area contributed by atoms with Gasteiger partial charge in [0.05, 0.1) is 6.54 Å². The van der Waals surface area contributed by atoms with Crippen LogP contribution in [0.2, 0.25) is 0 Å². The highest BCUT2D eigenvalue weighted by atomic mass is 16.5. The maximum absolute atomic E-state index is 5.29. The number of rotatable bonds is 5. The van der Waals surface area contributed by atoms with Gasteiger partial charge in [0, 0.05) is 18.5 Å². The first-order valence-corrected chi connectivity index (χ1v) is 6.48. The van der Waals surface area contributed by atoms with Crippen molar-refractivity contribution in [3.63, 3.8) is 0 Å². The highest BCUT2D eigenvalue weighted by molar-refractivity contribution is 4.92. The van der Waals surface area contributed by atoms with E-state index in [9.17, 15) is 0 Å². The quantitative estimate of drug-likeness (QED) is 0.840. The molecule has 0 aromatic carbocycles. The first kappa shape index (κ1) is 12.5. The molecule has 2 rings (SSSR count). The molecule has 5 heteroatoms. The van der Waals surface area contributed by atoms with Gasteiger partial charge >= 0.3 is 0 Å². The smallest absolute Gasteiger partial charge is 0.240 e. The Kier molecular flexibility index (Phi) is 4.12. The minimum Gasteiger partial charge on any atom is -0.338 e. The molecule has 1 unspecified atom stereocenters. The Morgan fingerprint density at radius 3 is 2.88 bits per heavy atom. The molecule has 1 fully saturated rings. The number of likely N-dealkylation sites (N-methyl/N-ethyl adjacent to an activating group) is 1. The van der Waals surface area contributed by atoms with E-state index >= 15 is 0 Å². The van der Waals surface area contributed by atoms with Crippen LogP contribution < -0.4 is 5.32 Å². The van der Waals surface area contributed by atoms with Gasteiger partial charge in [-0.1, -0.05) is 25.9 Å². The van der Waals surface area contributed by atoms with Crippen molar-refractivity contribution in [2.75, 3.05) is 19.6 Å². The van der Waals surface area contributed by atoms with Crippen LogP contribution in [0.5, 0.6) is 0 Å². The lowest BCUT2D eigenvalue weighted by Crippen LogP contribution is -2.36. The number of hydrogen-bond donors (Lipinski definition) is 1. The molecule has 1 atom stereocenters. The van der Waals surface area contributed by atoms with Crippen molar-refractivity contribution < 1.29 is 4.52 Å². The lowest BCUT2D eigenvalue weighted by Gasteiger charge is -2.24. The molecular formula is C12H22N4O. The lowest BCUT2D eigenvalue weighted by molar-refractivity contribution is 0.183. The van der Waals surface area contributed by atoms with E-state index in [2.05, 4.69) is 41.1 Å². The fraction of sp³-hybridized carbons (Fsp3) is 0.833. The van der Waals surface area contributed by atoms with Crippen molar-refractivity contribution in [1.82, 2.24) is 20.4 Å². The molecular weight excluding hydrogens is 216 g/mol. The summed E-state index contributed by atoms with van der Waals surface area (Å²) in [5, 5.41) is 7.39. The lowest BCUT2D eigenvalue weighted by atomic mass is 10.2. The first-order valence-electron chi connectivity index (χ1n) is 6.48. The van der Waals surface area contributed by atoms with Gasteiger partial charge < -0.3 is 9.84 Å². The third kappa shape index (κ3) is 3.04. The summed E-state index contributed by atoms with van der Waals surface area (Å²) in [6.07, 6.45) is 1.21. The molecule has 1 saturated heterocycles. The van der Waals surface area contributed by atoms with Crippen molar-refractivity contribution in [3.8, 4) is 0 Å². The average Bonchev–Trinajstić information content (AvgIpc) is 2.96. The highest BCUT2D eigenvalue weighted by Gasteiger charge is 2.23. The Morgan fingerprint density at radius 1 is 1.53 bits per heavy atom. The number of aromatic nitrogens is 2. The Bertz CT molecular complexity index is 344. The zero-order valence-corrected chi connectivity index (χ0v) is 10.9. The molecule has 0 spiro atoms. The molecule has 96 valence electrons. The van der Waals surface area contributed by atoms with Gasteiger partial charge in [0.1, 0.15) is 0 Å². The fourth-order valence-corrected chi connectivity index (χ4v) is 2.19. The summed E-state index contributed by atoms with van der Waals surface area (Å²) in [5.41, 5.74) is 0. The number of hydrogen-bond acceptors (Lipinski definition) is 5. The molecule has 5 nitrogen and oxygen atoms in total. The van der Waals surface area contributed by atoms with Gasteiger partial charge in [0.15, 0.2) is 5.82 Å². The second-order valence-corrected chi connectivity index (χ2v) is 4.91. The largest absolute Gasteiger partial charge is 0.338 e. The zero-order valence-electron chi connectivity index (χ0n) is 10.9. The predicted octanol–water partition coefficient (Wildman–Crippen LogP) is 1.38. The topological polar surface area (TPSA) is 54.2 Å². The Morgan fingerprint density at radius 2 is 2.35 bits per heavy atom. The molecule has 1 aromatic rings. The summed E-state index contributed by atoms with van der Waals surface area (Å²) in [6.45, 7) is 10.3. The van der Waals surface area contributed by atoms with Gasteiger partial charge in [-0.25, -0.2) is 0 Å². The average molecular weight is 238 g/mol.